The second-order valence-corrected chi connectivity index (χ2v) is 4.90. The second-order valence-electron chi connectivity index (χ2n) is 4.05. The molecule has 0 saturated heterocycles. The second kappa shape index (κ2) is 4.89. The number of hydrogen-bond donors (Lipinski definition) is 2. The van der Waals surface area contributed by atoms with E-state index >= 15 is 0 Å². The van der Waals surface area contributed by atoms with Crippen molar-refractivity contribution >= 4 is 15.9 Å². The van der Waals surface area contributed by atoms with E-state index in [2.05, 4.69) is 21.0 Å². The Morgan fingerprint density at radius 2 is 2.06 bits per heavy atom. The molecule has 0 aliphatic rings. The van der Waals surface area contributed by atoms with Gasteiger partial charge in [-0.25, -0.2) is 0 Å². The smallest absolute Gasteiger partial charge is 0.115 e. The Bertz CT molecular complexity index is 505. The minimum absolute atomic E-state index is 0.0395. The fourth-order valence-corrected chi connectivity index (χ4v) is 2.21. The lowest BCUT2D eigenvalue weighted by Gasteiger charge is -2.10. The molecule has 4 nitrogen and oxygen atoms in total. The standard InChI is InChI=1S/C12H14BrN3O/c1-8(14)7-16-12(11(13)6-15-16)9-2-4-10(17)5-3-9/h2-6,8,17H,7,14H2,1H3. The van der Waals surface area contributed by atoms with Crippen molar-refractivity contribution < 1.29 is 5.11 Å². The fraction of sp³-hybridized carbons (Fsp3) is 0.250. The molecule has 17 heavy (non-hydrogen) atoms. The van der Waals surface area contributed by atoms with Crippen LogP contribution in [0.4, 0.5) is 0 Å². The number of nitrogens with zero attached hydrogens (tertiary/aromatic N) is 2. The molecule has 1 aromatic carbocycles. The van der Waals surface area contributed by atoms with Crippen LogP contribution in [-0.4, -0.2) is 20.9 Å². The number of phenolic OH excluding ortho intramolecular Hbond substituents is 1. The molecule has 5 heteroatoms. The number of phenols is 1. The van der Waals surface area contributed by atoms with Gasteiger partial charge in [0.05, 0.1) is 22.9 Å². The lowest BCUT2D eigenvalue weighted by molar-refractivity contribution is 0.475. The van der Waals surface area contributed by atoms with Crippen LogP contribution in [0.2, 0.25) is 0 Å². The van der Waals surface area contributed by atoms with E-state index in [0.29, 0.717) is 6.54 Å². The first kappa shape index (κ1) is 12.1. The van der Waals surface area contributed by atoms with Crippen molar-refractivity contribution in [3.63, 3.8) is 0 Å². The van der Waals surface area contributed by atoms with E-state index in [1.54, 1.807) is 18.3 Å². The van der Waals surface area contributed by atoms with Gasteiger partial charge in [-0.1, -0.05) is 0 Å². The maximum Gasteiger partial charge on any atom is 0.115 e. The van der Waals surface area contributed by atoms with Gasteiger partial charge in [-0.15, -0.1) is 0 Å². The Morgan fingerprint density at radius 1 is 1.41 bits per heavy atom. The molecule has 0 aliphatic carbocycles. The zero-order valence-electron chi connectivity index (χ0n) is 9.47. The Labute approximate surface area is 108 Å². The SMILES string of the molecule is CC(N)Cn1ncc(Br)c1-c1ccc(O)cc1. The third-order valence-corrected chi connectivity index (χ3v) is 2.98. The molecule has 1 aromatic heterocycles. The Morgan fingerprint density at radius 3 is 2.65 bits per heavy atom. The number of rotatable bonds is 3. The minimum atomic E-state index is 0.0395. The van der Waals surface area contributed by atoms with Crippen molar-refractivity contribution in [3.05, 3.63) is 34.9 Å². The van der Waals surface area contributed by atoms with Gasteiger partial charge in [-0.3, -0.25) is 4.68 Å². The first-order chi connectivity index (χ1) is 8.08. The molecule has 2 rings (SSSR count). The Hall–Kier alpha value is -1.33. The number of benzene rings is 1. The van der Waals surface area contributed by atoms with E-state index in [9.17, 15) is 5.11 Å². The van der Waals surface area contributed by atoms with Crippen LogP contribution in [0.15, 0.2) is 34.9 Å². The van der Waals surface area contributed by atoms with E-state index in [4.69, 9.17) is 5.73 Å². The van der Waals surface area contributed by atoms with E-state index in [0.717, 1.165) is 15.7 Å². The van der Waals surface area contributed by atoms with Crippen LogP contribution in [0, 0.1) is 0 Å². The van der Waals surface area contributed by atoms with Crippen LogP contribution < -0.4 is 5.73 Å². The van der Waals surface area contributed by atoms with Gasteiger partial charge in [0, 0.05) is 11.6 Å². The van der Waals surface area contributed by atoms with Crippen LogP contribution in [-0.2, 0) is 6.54 Å². The van der Waals surface area contributed by atoms with Gasteiger partial charge in [0.25, 0.3) is 0 Å². The van der Waals surface area contributed by atoms with Gasteiger partial charge in [0.15, 0.2) is 0 Å². The Kier molecular flexibility index (Phi) is 3.49. The summed E-state index contributed by atoms with van der Waals surface area (Å²) in [6, 6.07) is 7.07. The predicted octanol–water partition coefficient (Wildman–Crippen LogP) is 2.37. The number of aromatic hydroxyl groups is 1. The summed E-state index contributed by atoms with van der Waals surface area (Å²) in [4.78, 5) is 0. The third kappa shape index (κ3) is 2.68. The summed E-state index contributed by atoms with van der Waals surface area (Å²) in [5.41, 5.74) is 7.76. The maximum atomic E-state index is 9.28. The van der Waals surface area contributed by atoms with Crippen molar-refractivity contribution in [3.8, 4) is 17.0 Å². The van der Waals surface area contributed by atoms with Crippen LogP contribution in [0.25, 0.3) is 11.3 Å². The largest absolute Gasteiger partial charge is 0.508 e. The van der Waals surface area contributed by atoms with Crippen molar-refractivity contribution in [1.29, 1.82) is 0 Å². The molecule has 1 atom stereocenters. The molecule has 1 unspecified atom stereocenters. The molecular formula is C12H14BrN3O. The van der Waals surface area contributed by atoms with E-state index < -0.39 is 0 Å². The topological polar surface area (TPSA) is 64.1 Å². The van der Waals surface area contributed by atoms with Crippen molar-refractivity contribution in [2.45, 2.75) is 19.5 Å². The van der Waals surface area contributed by atoms with Gasteiger partial charge >= 0.3 is 0 Å². The summed E-state index contributed by atoms with van der Waals surface area (Å²) in [6.45, 7) is 2.60. The van der Waals surface area contributed by atoms with Crippen LogP contribution in [0.3, 0.4) is 0 Å². The summed E-state index contributed by atoms with van der Waals surface area (Å²) >= 11 is 3.48. The van der Waals surface area contributed by atoms with E-state index in [1.165, 1.54) is 0 Å². The monoisotopic (exact) mass is 295 g/mol. The lowest BCUT2D eigenvalue weighted by Crippen LogP contribution is -2.23. The summed E-state index contributed by atoms with van der Waals surface area (Å²) in [7, 11) is 0. The van der Waals surface area contributed by atoms with E-state index in [-0.39, 0.29) is 11.8 Å². The highest BCUT2D eigenvalue weighted by atomic mass is 79.9. The molecular weight excluding hydrogens is 282 g/mol. The van der Waals surface area contributed by atoms with E-state index in [1.807, 2.05) is 23.7 Å². The van der Waals surface area contributed by atoms with Crippen molar-refractivity contribution in [2.75, 3.05) is 0 Å². The fourth-order valence-electron chi connectivity index (χ4n) is 1.68. The van der Waals surface area contributed by atoms with Crippen molar-refractivity contribution in [1.82, 2.24) is 9.78 Å². The summed E-state index contributed by atoms with van der Waals surface area (Å²) in [5.74, 6) is 0.253. The minimum Gasteiger partial charge on any atom is -0.508 e. The molecule has 90 valence electrons. The van der Waals surface area contributed by atoms with Gasteiger partial charge in [0.1, 0.15) is 5.75 Å². The zero-order chi connectivity index (χ0) is 12.4. The predicted molar refractivity (Wildman–Crippen MR) is 70.7 cm³/mol. The highest BCUT2D eigenvalue weighted by Gasteiger charge is 2.12. The van der Waals surface area contributed by atoms with Crippen molar-refractivity contribution in [2.24, 2.45) is 5.73 Å². The molecule has 0 amide bonds. The molecule has 0 spiro atoms. The van der Waals surface area contributed by atoms with Crippen LogP contribution in [0.1, 0.15) is 6.92 Å². The highest BCUT2D eigenvalue weighted by Crippen LogP contribution is 2.29. The molecule has 0 aliphatic heterocycles. The molecule has 0 bridgehead atoms. The van der Waals surface area contributed by atoms with Gasteiger partial charge in [-0.2, -0.15) is 5.10 Å². The normalized spacial score (nSPS) is 12.6. The van der Waals surface area contributed by atoms with Crippen LogP contribution in [0.5, 0.6) is 5.75 Å². The number of nitrogens with two attached hydrogens (primary N) is 1. The van der Waals surface area contributed by atoms with Crippen LogP contribution >= 0.6 is 15.9 Å². The average molecular weight is 296 g/mol. The number of aromatic nitrogens is 2. The zero-order valence-corrected chi connectivity index (χ0v) is 11.1. The first-order valence-corrected chi connectivity index (χ1v) is 6.13. The summed E-state index contributed by atoms with van der Waals surface area (Å²) in [6.07, 6.45) is 1.75. The van der Waals surface area contributed by atoms with Gasteiger partial charge in [0.2, 0.25) is 0 Å². The molecule has 2 aromatic rings. The van der Waals surface area contributed by atoms with Gasteiger partial charge in [-0.05, 0) is 47.1 Å². The molecule has 0 saturated carbocycles. The van der Waals surface area contributed by atoms with Gasteiger partial charge < -0.3 is 10.8 Å². The quantitative estimate of drug-likeness (QED) is 0.914. The molecule has 0 fully saturated rings. The first-order valence-electron chi connectivity index (χ1n) is 5.34. The molecule has 1 heterocycles. The number of hydrogen-bond acceptors (Lipinski definition) is 3. The summed E-state index contributed by atoms with van der Waals surface area (Å²) < 4.78 is 2.78. The Balaban J connectivity index is 2.43. The maximum absolute atomic E-state index is 9.28. The molecule has 0 radical (unpaired) electrons. The molecule has 3 N–H and O–H groups in total. The highest BCUT2D eigenvalue weighted by molar-refractivity contribution is 9.10. The number of halogens is 1. The average Bonchev–Trinajstić information content (AvgIpc) is 2.61. The summed E-state index contributed by atoms with van der Waals surface area (Å²) in [5, 5.41) is 13.6. The third-order valence-electron chi connectivity index (χ3n) is 2.40. The lowest BCUT2D eigenvalue weighted by atomic mass is 10.1.